The largest absolute Gasteiger partial charge is 0.337 e. The van der Waals surface area contributed by atoms with Gasteiger partial charge in [-0.15, -0.1) is 5.73 Å². The minimum atomic E-state index is 0.807. The normalized spacial score (nSPS) is 13.7. The van der Waals surface area contributed by atoms with Gasteiger partial charge < -0.3 is 4.98 Å². The van der Waals surface area contributed by atoms with Crippen LogP contribution in [0.1, 0.15) is 13.3 Å². The van der Waals surface area contributed by atoms with Crippen LogP contribution in [-0.4, -0.2) is 15.0 Å². The monoisotopic (exact) mass is 235 g/mol. The molecule has 0 saturated carbocycles. The number of nitrogens with zero attached hydrogens (tertiary/aromatic N) is 2. The summed E-state index contributed by atoms with van der Waals surface area (Å²) in [4.78, 5) is 12.2. The molecule has 3 heteroatoms. The lowest BCUT2D eigenvalue weighted by Gasteiger charge is -1.92. The molecule has 0 bridgehead atoms. The van der Waals surface area contributed by atoms with Crippen LogP contribution in [0.3, 0.4) is 0 Å². The van der Waals surface area contributed by atoms with Crippen molar-refractivity contribution in [1.82, 2.24) is 15.0 Å². The second-order valence-electron chi connectivity index (χ2n) is 4.27. The van der Waals surface area contributed by atoms with Crippen LogP contribution in [0.5, 0.6) is 0 Å². The molecule has 88 valence electrons. The highest BCUT2D eigenvalue weighted by Gasteiger charge is 2.03. The van der Waals surface area contributed by atoms with E-state index >= 15 is 0 Å². The maximum Gasteiger partial charge on any atom is 0.157 e. The van der Waals surface area contributed by atoms with E-state index in [9.17, 15) is 0 Å². The fraction of sp³-hybridized carbons (Fsp3) is 0.133. The van der Waals surface area contributed by atoms with E-state index in [0.717, 1.165) is 28.6 Å². The van der Waals surface area contributed by atoms with Crippen LogP contribution in [0.25, 0.3) is 23.7 Å². The van der Waals surface area contributed by atoms with Gasteiger partial charge in [-0.1, -0.05) is 12.1 Å². The number of imidazole rings is 1. The van der Waals surface area contributed by atoms with Crippen molar-refractivity contribution in [2.75, 3.05) is 0 Å². The van der Waals surface area contributed by atoms with E-state index in [1.165, 1.54) is 5.57 Å². The fourth-order valence-corrected chi connectivity index (χ4v) is 1.88. The highest BCUT2D eigenvalue weighted by molar-refractivity contribution is 5.51. The van der Waals surface area contributed by atoms with Crippen LogP contribution in [0.15, 0.2) is 41.8 Å². The summed E-state index contributed by atoms with van der Waals surface area (Å²) in [5.41, 5.74) is 5.28. The highest BCUT2D eigenvalue weighted by Crippen LogP contribution is 2.07. The lowest BCUT2D eigenvalue weighted by molar-refractivity contribution is 1.20. The van der Waals surface area contributed by atoms with Gasteiger partial charge in [-0.25, -0.2) is 4.98 Å². The van der Waals surface area contributed by atoms with Crippen molar-refractivity contribution in [3.05, 3.63) is 52.5 Å². The number of pyridine rings is 1. The summed E-state index contributed by atoms with van der Waals surface area (Å²) >= 11 is 0. The molecule has 0 radical (unpaired) electrons. The molecule has 0 unspecified atom stereocenters. The van der Waals surface area contributed by atoms with E-state index in [0.29, 0.717) is 0 Å². The maximum atomic E-state index is 4.59. The van der Waals surface area contributed by atoms with Gasteiger partial charge in [0.25, 0.3) is 0 Å². The topological polar surface area (TPSA) is 41.6 Å². The van der Waals surface area contributed by atoms with Crippen molar-refractivity contribution in [2.45, 2.75) is 13.3 Å². The molecule has 2 aromatic heterocycles. The molecule has 1 aliphatic carbocycles. The van der Waals surface area contributed by atoms with Crippen LogP contribution in [0.4, 0.5) is 0 Å². The molecule has 2 aromatic rings. The Hall–Kier alpha value is -2.38. The molecule has 0 aromatic carbocycles. The third-order valence-corrected chi connectivity index (χ3v) is 2.85. The second-order valence-corrected chi connectivity index (χ2v) is 4.27. The van der Waals surface area contributed by atoms with Crippen LogP contribution < -0.4 is 10.7 Å². The number of hydrogen-bond donors (Lipinski definition) is 1. The Morgan fingerprint density at radius 3 is 3.11 bits per heavy atom. The molecular formula is C15H13N3. The summed E-state index contributed by atoms with van der Waals surface area (Å²) < 4.78 is 0. The van der Waals surface area contributed by atoms with Crippen molar-refractivity contribution < 1.29 is 0 Å². The number of aromatic amines is 1. The SMILES string of the molecule is CC1=C=CC=c2[nH]c(-c3ccccn3)nc2=CC1. The smallest absolute Gasteiger partial charge is 0.157 e. The average Bonchev–Trinajstić information content (AvgIpc) is 2.78. The molecular weight excluding hydrogens is 222 g/mol. The van der Waals surface area contributed by atoms with Gasteiger partial charge in [0.15, 0.2) is 5.82 Å². The van der Waals surface area contributed by atoms with E-state index in [-0.39, 0.29) is 0 Å². The first-order valence-corrected chi connectivity index (χ1v) is 5.93. The van der Waals surface area contributed by atoms with Gasteiger partial charge in [0.2, 0.25) is 0 Å². The number of hydrogen-bond acceptors (Lipinski definition) is 2. The zero-order valence-electron chi connectivity index (χ0n) is 10.1. The number of fused-ring (bicyclic) bond motifs is 1. The molecule has 0 fully saturated rings. The number of aromatic nitrogens is 3. The predicted octanol–water partition coefficient (Wildman–Crippen LogP) is 1.54. The minimum Gasteiger partial charge on any atom is -0.337 e. The van der Waals surface area contributed by atoms with Crippen LogP contribution in [0, 0.1) is 0 Å². The average molecular weight is 235 g/mol. The van der Waals surface area contributed by atoms with Crippen molar-refractivity contribution in [3.8, 4) is 11.5 Å². The van der Waals surface area contributed by atoms with Gasteiger partial charge in [-0.2, -0.15) is 0 Å². The van der Waals surface area contributed by atoms with Gasteiger partial charge in [0.1, 0.15) is 5.69 Å². The first-order chi connectivity index (χ1) is 8.83. The molecule has 3 rings (SSSR count). The Morgan fingerprint density at radius 2 is 2.28 bits per heavy atom. The summed E-state index contributed by atoms with van der Waals surface area (Å²) in [6.45, 7) is 2.07. The summed E-state index contributed by atoms with van der Waals surface area (Å²) in [6, 6.07) is 5.81. The van der Waals surface area contributed by atoms with Crippen LogP contribution >= 0.6 is 0 Å². The molecule has 0 saturated heterocycles. The molecule has 2 heterocycles. The van der Waals surface area contributed by atoms with Gasteiger partial charge >= 0.3 is 0 Å². The number of nitrogens with one attached hydrogen (secondary N) is 1. The zero-order valence-corrected chi connectivity index (χ0v) is 10.1. The maximum absolute atomic E-state index is 4.59. The van der Waals surface area contributed by atoms with E-state index in [4.69, 9.17) is 0 Å². The molecule has 0 amide bonds. The van der Waals surface area contributed by atoms with Gasteiger partial charge in [-0.3, -0.25) is 4.98 Å². The zero-order chi connectivity index (χ0) is 12.4. The molecule has 0 atom stereocenters. The molecule has 3 nitrogen and oxygen atoms in total. The van der Waals surface area contributed by atoms with Crippen LogP contribution in [-0.2, 0) is 0 Å². The van der Waals surface area contributed by atoms with E-state index in [1.807, 2.05) is 30.4 Å². The number of H-pyrrole nitrogens is 1. The predicted molar refractivity (Wildman–Crippen MR) is 71.9 cm³/mol. The summed E-state index contributed by atoms with van der Waals surface area (Å²) in [5.74, 6) is 0.807. The molecule has 1 aliphatic rings. The Bertz CT molecular complexity index is 745. The van der Waals surface area contributed by atoms with Crippen molar-refractivity contribution in [1.29, 1.82) is 0 Å². The van der Waals surface area contributed by atoms with Crippen molar-refractivity contribution in [3.63, 3.8) is 0 Å². The first-order valence-electron chi connectivity index (χ1n) is 5.93. The lowest BCUT2D eigenvalue weighted by Crippen LogP contribution is -2.24. The molecule has 1 N–H and O–H groups in total. The van der Waals surface area contributed by atoms with E-state index in [2.05, 4.69) is 33.7 Å². The molecule has 18 heavy (non-hydrogen) atoms. The van der Waals surface area contributed by atoms with Crippen molar-refractivity contribution >= 4 is 12.2 Å². The standard InChI is InChI=1S/C15H13N3/c1-11-5-4-7-12-13(9-8-11)18-15(17-12)14-6-2-3-10-16-14/h2-4,6-7,9-10H,8H2,1H3,(H,17,18). The second kappa shape index (κ2) is 4.47. The number of allylic oxidation sites excluding steroid dienone is 1. The molecule has 0 spiro atoms. The van der Waals surface area contributed by atoms with Gasteiger partial charge in [0, 0.05) is 6.20 Å². The quantitative estimate of drug-likeness (QED) is 0.762. The third-order valence-electron chi connectivity index (χ3n) is 2.85. The summed E-state index contributed by atoms with van der Waals surface area (Å²) in [6.07, 6.45) is 8.69. The molecule has 0 aliphatic heterocycles. The fourth-order valence-electron chi connectivity index (χ4n) is 1.88. The van der Waals surface area contributed by atoms with E-state index in [1.54, 1.807) is 6.20 Å². The van der Waals surface area contributed by atoms with Crippen molar-refractivity contribution in [2.24, 2.45) is 0 Å². The van der Waals surface area contributed by atoms with Crippen LogP contribution in [0.2, 0.25) is 0 Å². The first kappa shape index (κ1) is 10.8. The van der Waals surface area contributed by atoms with Gasteiger partial charge in [-0.05, 0) is 43.2 Å². The summed E-state index contributed by atoms with van der Waals surface area (Å²) in [7, 11) is 0. The minimum absolute atomic E-state index is 0.807. The number of rotatable bonds is 1. The Morgan fingerprint density at radius 1 is 1.33 bits per heavy atom. The van der Waals surface area contributed by atoms with E-state index < -0.39 is 0 Å². The third kappa shape index (κ3) is 2.04. The highest BCUT2D eigenvalue weighted by atomic mass is 14.9. The Kier molecular flexibility index (Phi) is 2.67. The van der Waals surface area contributed by atoms with Gasteiger partial charge in [0.05, 0.1) is 10.7 Å². The summed E-state index contributed by atoms with van der Waals surface area (Å²) in [5, 5.41) is 1.99. The lowest BCUT2D eigenvalue weighted by atomic mass is 10.2. The Balaban J connectivity index is 2.16. The Labute approximate surface area is 105 Å².